The van der Waals surface area contributed by atoms with Gasteiger partial charge in [0.1, 0.15) is 0 Å². The van der Waals surface area contributed by atoms with Gasteiger partial charge in [0.15, 0.2) is 0 Å². The van der Waals surface area contributed by atoms with E-state index < -0.39 is 4.92 Å². The first kappa shape index (κ1) is 22.3. The van der Waals surface area contributed by atoms with E-state index in [0.717, 1.165) is 30.4 Å². The monoisotopic (exact) mass is 394 g/mol. The Morgan fingerprint density at radius 3 is 2.04 bits per heavy atom. The van der Waals surface area contributed by atoms with Crippen molar-refractivity contribution in [3.63, 3.8) is 0 Å². The zero-order chi connectivity index (χ0) is 18.2. The fraction of sp³-hybridized carbons (Fsp3) is 0.368. The number of hydrogen-bond acceptors (Lipinski definition) is 3. The Kier molecular flexibility index (Phi) is 13.8. The summed E-state index contributed by atoms with van der Waals surface area (Å²) in [5.41, 5.74) is 2.61. The van der Waals surface area contributed by atoms with Crippen LogP contribution < -0.4 is 5.32 Å². The molecule has 4 nitrogen and oxygen atoms in total. The molecule has 2 rings (SSSR count). The number of alkyl halides is 1. The van der Waals surface area contributed by atoms with Crippen LogP contribution in [0.25, 0.3) is 0 Å². The molecule has 0 atom stereocenters. The van der Waals surface area contributed by atoms with Gasteiger partial charge in [0.25, 0.3) is 5.69 Å². The van der Waals surface area contributed by atoms with Crippen LogP contribution in [0.2, 0.25) is 0 Å². The summed E-state index contributed by atoms with van der Waals surface area (Å²) in [7, 11) is 0. The van der Waals surface area contributed by atoms with Crippen LogP contribution in [0.15, 0.2) is 54.6 Å². The molecule has 0 aliphatic heterocycles. The topological polar surface area (TPSA) is 55.2 Å². The minimum Gasteiger partial charge on any atom is -0.313 e. The number of aryl methyl sites for hydroxylation is 1. The largest absolute Gasteiger partial charge is 0.313 e. The van der Waals surface area contributed by atoms with E-state index in [2.05, 4.69) is 52.4 Å². The zero-order valence-electron chi connectivity index (χ0n) is 14.7. The molecule has 0 radical (unpaired) electrons. The van der Waals surface area contributed by atoms with Crippen molar-refractivity contribution in [2.75, 3.05) is 11.9 Å². The molecule has 0 heterocycles. The predicted molar refractivity (Wildman–Crippen MR) is 106 cm³/mol. The van der Waals surface area contributed by atoms with E-state index in [1.165, 1.54) is 17.7 Å². The second kappa shape index (κ2) is 14.8. The van der Waals surface area contributed by atoms with Crippen LogP contribution in [0.4, 0.5) is 5.69 Å². The van der Waals surface area contributed by atoms with Crippen LogP contribution in [-0.2, 0) is 13.0 Å². The van der Waals surface area contributed by atoms with Crippen molar-refractivity contribution in [2.24, 2.45) is 0 Å². The summed E-state index contributed by atoms with van der Waals surface area (Å²) >= 11 is 3.30. The van der Waals surface area contributed by atoms with E-state index >= 15 is 0 Å². The Morgan fingerprint density at radius 1 is 1.00 bits per heavy atom. The summed E-state index contributed by atoms with van der Waals surface area (Å²) < 4.78 is 0. The molecule has 1 N–H and O–H groups in total. The summed E-state index contributed by atoms with van der Waals surface area (Å²) in [5.74, 6) is 0. The van der Waals surface area contributed by atoms with Crippen molar-refractivity contribution in [2.45, 2.75) is 33.7 Å². The highest BCUT2D eigenvalue weighted by atomic mass is 79.9. The molecule has 2 aromatic rings. The van der Waals surface area contributed by atoms with Crippen LogP contribution in [0.1, 0.15) is 31.9 Å². The third kappa shape index (κ3) is 10.1. The number of benzene rings is 2. The highest BCUT2D eigenvalue weighted by molar-refractivity contribution is 9.09. The van der Waals surface area contributed by atoms with E-state index in [0.29, 0.717) is 0 Å². The Balaban J connectivity index is 0.000000405. The molecule has 132 valence electrons. The molecule has 0 fully saturated rings. The van der Waals surface area contributed by atoms with Crippen LogP contribution in [-0.4, -0.2) is 16.8 Å². The van der Waals surface area contributed by atoms with Crippen LogP contribution >= 0.6 is 15.9 Å². The van der Waals surface area contributed by atoms with E-state index in [1.807, 2.05) is 19.9 Å². The van der Waals surface area contributed by atoms with E-state index in [-0.39, 0.29) is 5.69 Å². The minimum atomic E-state index is -0.391. The fourth-order valence-electron chi connectivity index (χ4n) is 1.76. The van der Waals surface area contributed by atoms with Gasteiger partial charge in [-0.3, -0.25) is 10.1 Å². The van der Waals surface area contributed by atoms with Gasteiger partial charge in [0.05, 0.1) is 4.92 Å². The SMILES string of the molecule is CC.CCNCc1ccccc1.O=[N+]([O-])c1ccc(CCBr)cc1. The number of halogens is 1. The van der Waals surface area contributed by atoms with Crippen molar-refractivity contribution in [1.29, 1.82) is 0 Å². The number of rotatable bonds is 6. The number of hydrogen-bond donors (Lipinski definition) is 1. The molecule has 5 heteroatoms. The van der Waals surface area contributed by atoms with Crippen LogP contribution in [0.5, 0.6) is 0 Å². The fourth-order valence-corrected chi connectivity index (χ4v) is 2.22. The lowest BCUT2D eigenvalue weighted by Crippen LogP contribution is -2.11. The lowest BCUT2D eigenvalue weighted by atomic mass is 10.2. The highest BCUT2D eigenvalue weighted by Crippen LogP contribution is 2.12. The van der Waals surface area contributed by atoms with Gasteiger partial charge in [-0.2, -0.15) is 0 Å². The molecule has 0 saturated carbocycles. The summed E-state index contributed by atoms with van der Waals surface area (Å²) in [4.78, 5) is 9.88. The summed E-state index contributed by atoms with van der Waals surface area (Å²) in [6.45, 7) is 8.13. The maximum absolute atomic E-state index is 10.3. The van der Waals surface area contributed by atoms with Gasteiger partial charge < -0.3 is 5.32 Å². The maximum Gasteiger partial charge on any atom is 0.269 e. The van der Waals surface area contributed by atoms with Gasteiger partial charge in [-0.25, -0.2) is 0 Å². The Labute approximate surface area is 153 Å². The second-order valence-electron chi connectivity index (χ2n) is 4.63. The van der Waals surface area contributed by atoms with E-state index in [9.17, 15) is 10.1 Å². The predicted octanol–water partition coefficient (Wildman–Crippen LogP) is 5.35. The number of nitro benzene ring substituents is 1. The quantitative estimate of drug-likeness (QED) is 0.407. The van der Waals surface area contributed by atoms with Crippen molar-refractivity contribution in [3.05, 3.63) is 75.8 Å². The Bertz CT molecular complexity index is 545. The van der Waals surface area contributed by atoms with E-state index in [1.54, 1.807) is 12.1 Å². The molecular weight excluding hydrogens is 368 g/mol. The highest BCUT2D eigenvalue weighted by Gasteiger charge is 2.02. The molecule has 0 aliphatic rings. The number of nitrogens with zero attached hydrogens (tertiary/aromatic N) is 1. The van der Waals surface area contributed by atoms with Crippen molar-refractivity contribution >= 4 is 21.6 Å². The average molecular weight is 395 g/mol. The zero-order valence-corrected chi connectivity index (χ0v) is 16.3. The molecular formula is C19H27BrN2O2. The van der Waals surface area contributed by atoms with Gasteiger partial charge in [0, 0.05) is 24.0 Å². The molecule has 24 heavy (non-hydrogen) atoms. The molecule has 0 bridgehead atoms. The smallest absolute Gasteiger partial charge is 0.269 e. The number of nitro groups is 1. The molecule has 0 aromatic heterocycles. The summed E-state index contributed by atoms with van der Waals surface area (Å²) in [5, 5.41) is 14.4. The van der Waals surface area contributed by atoms with Gasteiger partial charge in [0.2, 0.25) is 0 Å². The van der Waals surface area contributed by atoms with Crippen LogP contribution in [0, 0.1) is 10.1 Å². The average Bonchev–Trinajstić information content (AvgIpc) is 2.64. The first-order valence-electron chi connectivity index (χ1n) is 8.21. The second-order valence-corrected chi connectivity index (χ2v) is 5.42. The van der Waals surface area contributed by atoms with Crippen LogP contribution in [0.3, 0.4) is 0 Å². The summed E-state index contributed by atoms with van der Waals surface area (Å²) in [6, 6.07) is 17.0. The Morgan fingerprint density at radius 2 is 1.58 bits per heavy atom. The van der Waals surface area contributed by atoms with Crippen molar-refractivity contribution in [3.8, 4) is 0 Å². The third-order valence-electron chi connectivity index (χ3n) is 2.95. The normalized spacial score (nSPS) is 9.17. The third-order valence-corrected chi connectivity index (χ3v) is 3.35. The van der Waals surface area contributed by atoms with Gasteiger partial charge in [-0.15, -0.1) is 0 Å². The van der Waals surface area contributed by atoms with Crippen molar-refractivity contribution < 1.29 is 4.92 Å². The van der Waals surface area contributed by atoms with E-state index in [4.69, 9.17) is 0 Å². The lowest BCUT2D eigenvalue weighted by Gasteiger charge is -1.99. The molecule has 0 amide bonds. The molecule has 0 saturated heterocycles. The van der Waals surface area contributed by atoms with Crippen molar-refractivity contribution in [1.82, 2.24) is 5.32 Å². The van der Waals surface area contributed by atoms with Gasteiger partial charge >= 0.3 is 0 Å². The molecule has 0 unspecified atom stereocenters. The lowest BCUT2D eigenvalue weighted by molar-refractivity contribution is -0.384. The minimum absolute atomic E-state index is 0.147. The summed E-state index contributed by atoms with van der Waals surface area (Å²) in [6.07, 6.45) is 0.901. The molecule has 0 aliphatic carbocycles. The van der Waals surface area contributed by atoms with Gasteiger partial charge in [-0.05, 0) is 24.1 Å². The first-order chi connectivity index (χ1) is 11.7. The molecule has 2 aromatic carbocycles. The maximum atomic E-state index is 10.3. The molecule has 0 spiro atoms. The number of nitrogens with one attached hydrogen (secondary N) is 1. The number of non-ortho nitro benzene ring substituents is 1. The van der Waals surface area contributed by atoms with Gasteiger partial charge in [-0.1, -0.05) is 79.2 Å². The first-order valence-corrected chi connectivity index (χ1v) is 9.33. The standard InChI is InChI=1S/C9H13N.C8H8BrNO2.C2H6/c1-2-10-8-9-6-4-3-5-7-9;9-6-5-7-1-3-8(4-2-7)10(11)12;1-2/h3-7,10H,2,8H2,1H3;1-4H,5-6H2;1-2H3. The Hall–Kier alpha value is -1.72.